The first-order chi connectivity index (χ1) is 12.5. The predicted octanol–water partition coefficient (Wildman–Crippen LogP) is 0.914. The van der Waals surface area contributed by atoms with Crippen molar-refractivity contribution in [1.29, 1.82) is 0 Å². The Balaban J connectivity index is 1.97. The molecule has 0 saturated carbocycles. The van der Waals surface area contributed by atoms with Crippen LogP contribution in [0.4, 0.5) is 0 Å². The highest BCUT2D eigenvalue weighted by molar-refractivity contribution is 6.02. The van der Waals surface area contributed by atoms with Gasteiger partial charge in [-0.3, -0.25) is 14.4 Å². The molecule has 2 aliphatic rings. The van der Waals surface area contributed by atoms with Crippen molar-refractivity contribution in [1.82, 2.24) is 0 Å². The Morgan fingerprint density at radius 2 is 1.85 bits per heavy atom. The molecule has 2 rings (SSSR count). The zero-order valence-corrected chi connectivity index (χ0v) is 16.2. The number of carbonyl (C=O) groups excluding carboxylic acids is 4. The van der Waals surface area contributed by atoms with Crippen molar-refractivity contribution in [2.75, 3.05) is 13.2 Å². The van der Waals surface area contributed by atoms with Gasteiger partial charge in [-0.05, 0) is 41.0 Å². The molecule has 152 valence electrons. The standard InChI is InChI=1S/C18H26O9/c1-6-23-12(20)7-8-18(5,10(2)19)16(22)24-9-11-13-14(15(21)25-11)27-17(3,4)26-13/h11,13-14H,6-9H2,1-5H3/t11-,13-,14-,18-/m1/s1. The highest BCUT2D eigenvalue weighted by Gasteiger charge is 2.56. The van der Waals surface area contributed by atoms with Crippen LogP contribution in [-0.4, -0.2) is 61.0 Å². The van der Waals surface area contributed by atoms with Crippen molar-refractivity contribution in [2.45, 2.75) is 71.6 Å². The van der Waals surface area contributed by atoms with E-state index in [0.29, 0.717) is 0 Å². The molecule has 0 aromatic rings. The largest absolute Gasteiger partial charge is 0.466 e. The molecular weight excluding hydrogens is 360 g/mol. The molecule has 0 unspecified atom stereocenters. The second kappa shape index (κ2) is 7.93. The molecule has 0 aliphatic carbocycles. The van der Waals surface area contributed by atoms with Crippen molar-refractivity contribution in [2.24, 2.45) is 5.41 Å². The summed E-state index contributed by atoms with van der Waals surface area (Å²) in [4.78, 5) is 48.0. The van der Waals surface area contributed by atoms with E-state index in [1.54, 1.807) is 20.8 Å². The average Bonchev–Trinajstić information content (AvgIpc) is 3.04. The van der Waals surface area contributed by atoms with Gasteiger partial charge in [0, 0.05) is 6.42 Å². The van der Waals surface area contributed by atoms with Crippen LogP contribution in [0.3, 0.4) is 0 Å². The van der Waals surface area contributed by atoms with Gasteiger partial charge in [0.15, 0.2) is 18.0 Å². The van der Waals surface area contributed by atoms with E-state index in [1.165, 1.54) is 13.8 Å². The SMILES string of the molecule is CCOC(=O)CC[C@](C)(C(C)=O)C(=O)OC[C@H]1OC(=O)[C@@H]2OC(C)(C)O[C@H]12. The van der Waals surface area contributed by atoms with E-state index in [0.717, 1.165) is 0 Å². The summed E-state index contributed by atoms with van der Waals surface area (Å²) in [5.74, 6) is -3.24. The first-order valence-electron chi connectivity index (χ1n) is 8.90. The molecule has 9 heteroatoms. The molecule has 2 aliphatic heterocycles. The van der Waals surface area contributed by atoms with Gasteiger partial charge in [0.05, 0.1) is 6.61 Å². The minimum absolute atomic E-state index is 0.0385. The van der Waals surface area contributed by atoms with Gasteiger partial charge in [0.1, 0.15) is 23.9 Å². The summed E-state index contributed by atoms with van der Waals surface area (Å²) >= 11 is 0. The summed E-state index contributed by atoms with van der Waals surface area (Å²) in [6, 6.07) is 0. The third kappa shape index (κ3) is 4.65. The summed E-state index contributed by atoms with van der Waals surface area (Å²) in [6.45, 7) is 7.63. The van der Waals surface area contributed by atoms with Crippen LogP contribution < -0.4 is 0 Å². The number of rotatable bonds is 8. The molecule has 2 fully saturated rings. The number of Topliss-reactive ketones (excluding diaryl/α,β-unsaturated/α-hetero) is 1. The first-order valence-corrected chi connectivity index (χ1v) is 8.90. The van der Waals surface area contributed by atoms with Crippen molar-refractivity contribution in [3.05, 3.63) is 0 Å². The quantitative estimate of drug-likeness (QED) is 0.341. The lowest BCUT2D eigenvalue weighted by atomic mass is 9.81. The Hall–Kier alpha value is -2.00. The Bertz CT molecular complexity index is 626. The van der Waals surface area contributed by atoms with E-state index in [-0.39, 0.29) is 26.1 Å². The van der Waals surface area contributed by atoms with Gasteiger partial charge < -0.3 is 23.7 Å². The highest BCUT2D eigenvalue weighted by Crippen LogP contribution is 2.36. The van der Waals surface area contributed by atoms with Gasteiger partial charge in [-0.25, -0.2) is 4.79 Å². The summed E-state index contributed by atoms with van der Waals surface area (Å²) in [7, 11) is 0. The Kier molecular flexibility index (Phi) is 6.26. The van der Waals surface area contributed by atoms with E-state index in [1.807, 2.05) is 0 Å². The third-order valence-electron chi connectivity index (χ3n) is 4.74. The van der Waals surface area contributed by atoms with E-state index < -0.39 is 53.2 Å². The maximum Gasteiger partial charge on any atom is 0.338 e. The molecule has 0 spiro atoms. The number of cyclic esters (lactones) is 1. The topological polar surface area (TPSA) is 114 Å². The van der Waals surface area contributed by atoms with Gasteiger partial charge >= 0.3 is 17.9 Å². The zero-order chi connectivity index (χ0) is 20.4. The first kappa shape index (κ1) is 21.3. The summed E-state index contributed by atoms with van der Waals surface area (Å²) < 4.78 is 26.3. The van der Waals surface area contributed by atoms with Gasteiger partial charge in [0.25, 0.3) is 0 Å². The minimum atomic E-state index is -1.50. The molecule has 0 N–H and O–H groups in total. The molecule has 2 saturated heterocycles. The van der Waals surface area contributed by atoms with Crippen LogP contribution in [0.25, 0.3) is 0 Å². The lowest BCUT2D eigenvalue weighted by molar-refractivity contribution is -0.192. The van der Waals surface area contributed by atoms with E-state index in [4.69, 9.17) is 23.7 Å². The normalized spacial score (nSPS) is 28.0. The number of fused-ring (bicyclic) bond motifs is 1. The van der Waals surface area contributed by atoms with E-state index in [9.17, 15) is 19.2 Å². The van der Waals surface area contributed by atoms with Gasteiger partial charge in [0.2, 0.25) is 0 Å². The maximum absolute atomic E-state index is 12.5. The summed E-state index contributed by atoms with van der Waals surface area (Å²) in [6.07, 6.45) is -2.51. The molecule has 0 aromatic heterocycles. The summed E-state index contributed by atoms with van der Waals surface area (Å²) in [5.41, 5.74) is -1.50. The molecule has 0 amide bonds. The minimum Gasteiger partial charge on any atom is -0.466 e. The maximum atomic E-state index is 12.5. The Morgan fingerprint density at radius 1 is 1.19 bits per heavy atom. The van der Waals surface area contributed by atoms with Crippen LogP contribution in [0, 0.1) is 5.41 Å². The van der Waals surface area contributed by atoms with Crippen LogP contribution in [0.2, 0.25) is 0 Å². The number of ketones is 1. The number of carbonyl (C=O) groups is 4. The lowest BCUT2D eigenvalue weighted by Crippen LogP contribution is -2.40. The van der Waals surface area contributed by atoms with Crippen molar-refractivity contribution < 1.29 is 42.9 Å². The predicted molar refractivity (Wildman–Crippen MR) is 89.3 cm³/mol. The third-order valence-corrected chi connectivity index (χ3v) is 4.74. The van der Waals surface area contributed by atoms with Gasteiger partial charge in [-0.15, -0.1) is 0 Å². The van der Waals surface area contributed by atoms with Crippen LogP contribution in [-0.2, 0) is 42.9 Å². The highest BCUT2D eigenvalue weighted by atomic mass is 16.8. The van der Waals surface area contributed by atoms with Crippen molar-refractivity contribution in [3.8, 4) is 0 Å². The van der Waals surface area contributed by atoms with Crippen LogP contribution in [0.1, 0.15) is 47.5 Å². The van der Waals surface area contributed by atoms with E-state index in [2.05, 4.69) is 0 Å². The number of hydrogen-bond acceptors (Lipinski definition) is 9. The molecule has 0 radical (unpaired) electrons. The van der Waals surface area contributed by atoms with Crippen molar-refractivity contribution in [3.63, 3.8) is 0 Å². The molecule has 0 bridgehead atoms. The monoisotopic (exact) mass is 386 g/mol. The van der Waals surface area contributed by atoms with Gasteiger partial charge in [-0.2, -0.15) is 0 Å². The molecule has 4 atom stereocenters. The number of hydrogen-bond donors (Lipinski definition) is 0. The zero-order valence-electron chi connectivity index (χ0n) is 16.2. The molecule has 27 heavy (non-hydrogen) atoms. The number of esters is 3. The average molecular weight is 386 g/mol. The van der Waals surface area contributed by atoms with E-state index >= 15 is 0 Å². The van der Waals surface area contributed by atoms with Crippen LogP contribution >= 0.6 is 0 Å². The van der Waals surface area contributed by atoms with Gasteiger partial charge in [-0.1, -0.05) is 0 Å². The fraction of sp³-hybridized carbons (Fsp3) is 0.778. The smallest absolute Gasteiger partial charge is 0.338 e. The molecule has 9 nitrogen and oxygen atoms in total. The number of ether oxygens (including phenoxy) is 5. The molecule has 2 heterocycles. The molecular formula is C18H26O9. The summed E-state index contributed by atoms with van der Waals surface area (Å²) in [5, 5.41) is 0. The van der Waals surface area contributed by atoms with Crippen molar-refractivity contribution >= 4 is 23.7 Å². The second-order valence-corrected chi connectivity index (χ2v) is 7.29. The Morgan fingerprint density at radius 3 is 2.44 bits per heavy atom. The fourth-order valence-electron chi connectivity index (χ4n) is 2.98. The lowest BCUT2D eigenvalue weighted by Gasteiger charge is -2.26. The fourth-order valence-corrected chi connectivity index (χ4v) is 2.98. The molecule has 0 aromatic carbocycles. The van der Waals surface area contributed by atoms with Crippen LogP contribution in [0.15, 0.2) is 0 Å². The Labute approximate surface area is 157 Å². The second-order valence-electron chi connectivity index (χ2n) is 7.29. The van der Waals surface area contributed by atoms with Crippen LogP contribution in [0.5, 0.6) is 0 Å².